The van der Waals surface area contributed by atoms with Crippen LogP contribution in [0, 0.1) is 6.92 Å². The van der Waals surface area contributed by atoms with Gasteiger partial charge in [0.1, 0.15) is 17.1 Å². The second-order valence-corrected chi connectivity index (χ2v) is 5.59. The zero-order chi connectivity index (χ0) is 17.1. The number of benzene rings is 2. The van der Waals surface area contributed by atoms with E-state index in [-0.39, 0.29) is 5.75 Å². The summed E-state index contributed by atoms with van der Waals surface area (Å²) in [6, 6.07) is 12.6. The number of rotatable bonds is 5. The minimum absolute atomic E-state index is 0.116. The number of aryl methyl sites for hydroxylation is 1. The van der Waals surface area contributed by atoms with Crippen LogP contribution in [0.1, 0.15) is 16.7 Å². The summed E-state index contributed by atoms with van der Waals surface area (Å²) in [6.45, 7) is 2.85. The number of ether oxygens (including phenoxy) is 1. The molecule has 5 nitrogen and oxygen atoms in total. The van der Waals surface area contributed by atoms with Crippen molar-refractivity contribution in [2.24, 2.45) is 0 Å². The van der Waals surface area contributed by atoms with E-state index in [1.807, 2.05) is 24.3 Å². The highest BCUT2D eigenvalue weighted by molar-refractivity contribution is 5.84. The fourth-order valence-electron chi connectivity index (χ4n) is 2.74. The Bertz CT molecular complexity index is 930. The predicted octanol–water partition coefficient (Wildman–Crippen LogP) is 3.11. The maximum Gasteiger partial charge on any atom is 0.336 e. The standard InChI is InChI=1S/C19H19NO4/c1-12-16(21)8-7-15-14(9-18(22)24-19(12)15)11-20-10-13-5-3-4-6-17(13)23-2/h3-9,20-21H,10-11H2,1-2H3. The van der Waals surface area contributed by atoms with Crippen LogP contribution in [0.4, 0.5) is 0 Å². The molecule has 2 aromatic carbocycles. The molecule has 1 aromatic heterocycles. The number of para-hydroxylation sites is 1. The van der Waals surface area contributed by atoms with Crippen molar-refractivity contribution < 1.29 is 14.3 Å². The fraction of sp³-hybridized carbons (Fsp3) is 0.211. The molecule has 0 aliphatic carbocycles. The van der Waals surface area contributed by atoms with Crippen molar-refractivity contribution in [3.63, 3.8) is 0 Å². The van der Waals surface area contributed by atoms with Gasteiger partial charge >= 0.3 is 5.63 Å². The van der Waals surface area contributed by atoms with Gasteiger partial charge in [0.25, 0.3) is 0 Å². The van der Waals surface area contributed by atoms with Gasteiger partial charge < -0.3 is 19.6 Å². The second-order valence-electron chi connectivity index (χ2n) is 5.59. The van der Waals surface area contributed by atoms with Crippen LogP contribution >= 0.6 is 0 Å². The van der Waals surface area contributed by atoms with Gasteiger partial charge in [0, 0.05) is 35.7 Å². The average molecular weight is 325 g/mol. The number of phenols is 1. The summed E-state index contributed by atoms with van der Waals surface area (Å²) >= 11 is 0. The number of fused-ring (bicyclic) bond motifs is 1. The zero-order valence-corrected chi connectivity index (χ0v) is 13.6. The summed E-state index contributed by atoms with van der Waals surface area (Å²) < 4.78 is 10.6. The van der Waals surface area contributed by atoms with Gasteiger partial charge in [0.15, 0.2) is 0 Å². The molecule has 5 heteroatoms. The summed E-state index contributed by atoms with van der Waals surface area (Å²) in [5, 5.41) is 13.9. The maximum atomic E-state index is 11.8. The average Bonchev–Trinajstić information content (AvgIpc) is 2.59. The van der Waals surface area contributed by atoms with Crippen molar-refractivity contribution in [3.05, 3.63) is 69.6 Å². The fourth-order valence-corrected chi connectivity index (χ4v) is 2.74. The molecule has 2 N–H and O–H groups in total. The minimum atomic E-state index is -0.426. The predicted molar refractivity (Wildman–Crippen MR) is 92.4 cm³/mol. The smallest absolute Gasteiger partial charge is 0.336 e. The van der Waals surface area contributed by atoms with Gasteiger partial charge in [-0.3, -0.25) is 0 Å². The van der Waals surface area contributed by atoms with Gasteiger partial charge in [-0.2, -0.15) is 0 Å². The Morgan fingerprint density at radius 2 is 1.88 bits per heavy atom. The van der Waals surface area contributed by atoms with E-state index < -0.39 is 5.63 Å². The Morgan fingerprint density at radius 1 is 1.12 bits per heavy atom. The Balaban J connectivity index is 1.85. The lowest BCUT2D eigenvalue weighted by Gasteiger charge is -2.11. The molecule has 0 fully saturated rings. The molecule has 0 radical (unpaired) electrons. The van der Waals surface area contributed by atoms with Gasteiger partial charge in [-0.1, -0.05) is 18.2 Å². The van der Waals surface area contributed by atoms with E-state index in [1.54, 1.807) is 26.2 Å². The summed E-state index contributed by atoms with van der Waals surface area (Å²) in [7, 11) is 1.64. The molecule has 0 saturated carbocycles. The van der Waals surface area contributed by atoms with E-state index in [0.717, 1.165) is 22.3 Å². The van der Waals surface area contributed by atoms with Crippen molar-refractivity contribution in [1.82, 2.24) is 5.32 Å². The minimum Gasteiger partial charge on any atom is -0.508 e. The van der Waals surface area contributed by atoms with Crippen molar-refractivity contribution >= 4 is 11.0 Å². The Labute approximate surface area is 139 Å². The Kier molecular flexibility index (Phi) is 4.53. The molecule has 0 spiro atoms. The lowest BCUT2D eigenvalue weighted by molar-refractivity contribution is 0.407. The first-order chi connectivity index (χ1) is 11.6. The quantitative estimate of drug-likeness (QED) is 0.705. The van der Waals surface area contributed by atoms with Gasteiger partial charge in [-0.05, 0) is 30.7 Å². The molecule has 0 aliphatic heterocycles. The van der Waals surface area contributed by atoms with Gasteiger partial charge in [-0.25, -0.2) is 4.79 Å². The summed E-state index contributed by atoms with van der Waals surface area (Å²) in [4.78, 5) is 11.8. The van der Waals surface area contributed by atoms with Gasteiger partial charge in [0.2, 0.25) is 0 Å². The van der Waals surface area contributed by atoms with E-state index in [1.165, 1.54) is 6.07 Å². The molecular weight excluding hydrogens is 306 g/mol. The SMILES string of the molecule is COc1ccccc1CNCc1cc(=O)oc2c(C)c(O)ccc12. The maximum absolute atomic E-state index is 11.8. The first-order valence-corrected chi connectivity index (χ1v) is 7.68. The lowest BCUT2D eigenvalue weighted by Crippen LogP contribution is -2.15. The molecule has 0 atom stereocenters. The van der Waals surface area contributed by atoms with E-state index in [2.05, 4.69) is 5.32 Å². The van der Waals surface area contributed by atoms with Crippen LogP contribution in [0.2, 0.25) is 0 Å². The van der Waals surface area contributed by atoms with Crippen molar-refractivity contribution in [2.45, 2.75) is 20.0 Å². The molecule has 24 heavy (non-hydrogen) atoms. The highest BCUT2D eigenvalue weighted by atomic mass is 16.5. The Morgan fingerprint density at radius 3 is 2.67 bits per heavy atom. The molecule has 3 aromatic rings. The number of phenolic OH excluding ortho intramolecular Hbond substituents is 1. The number of hydrogen-bond acceptors (Lipinski definition) is 5. The monoisotopic (exact) mass is 325 g/mol. The Hall–Kier alpha value is -2.79. The van der Waals surface area contributed by atoms with Crippen LogP contribution in [0.3, 0.4) is 0 Å². The van der Waals surface area contributed by atoms with Crippen LogP contribution in [-0.4, -0.2) is 12.2 Å². The van der Waals surface area contributed by atoms with Crippen molar-refractivity contribution in [1.29, 1.82) is 0 Å². The lowest BCUT2D eigenvalue weighted by atomic mass is 10.1. The van der Waals surface area contributed by atoms with Crippen LogP contribution < -0.4 is 15.7 Å². The van der Waals surface area contributed by atoms with E-state index >= 15 is 0 Å². The molecule has 1 heterocycles. The highest BCUT2D eigenvalue weighted by Gasteiger charge is 2.10. The topological polar surface area (TPSA) is 71.7 Å². The van der Waals surface area contributed by atoms with Crippen molar-refractivity contribution in [2.75, 3.05) is 7.11 Å². The third-order valence-electron chi connectivity index (χ3n) is 4.04. The zero-order valence-electron chi connectivity index (χ0n) is 13.6. The number of hydrogen-bond donors (Lipinski definition) is 2. The number of methoxy groups -OCH3 is 1. The molecular formula is C19H19NO4. The van der Waals surface area contributed by atoms with Crippen molar-refractivity contribution in [3.8, 4) is 11.5 Å². The molecule has 0 bridgehead atoms. The summed E-state index contributed by atoms with van der Waals surface area (Å²) in [5.41, 5.74) is 2.44. The van der Waals surface area contributed by atoms with E-state index in [4.69, 9.17) is 9.15 Å². The van der Waals surface area contributed by atoms with Gasteiger partial charge in [-0.15, -0.1) is 0 Å². The highest BCUT2D eigenvalue weighted by Crippen LogP contribution is 2.27. The van der Waals surface area contributed by atoms with Crippen LogP contribution in [0.5, 0.6) is 11.5 Å². The molecule has 0 saturated heterocycles. The molecule has 124 valence electrons. The third kappa shape index (κ3) is 3.12. The normalized spacial score (nSPS) is 10.9. The largest absolute Gasteiger partial charge is 0.508 e. The first kappa shape index (κ1) is 16.1. The molecule has 0 aliphatic rings. The van der Waals surface area contributed by atoms with Crippen LogP contribution in [0.25, 0.3) is 11.0 Å². The summed E-state index contributed by atoms with van der Waals surface area (Å²) in [6.07, 6.45) is 0. The number of nitrogens with one attached hydrogen (secondary N) is 1. The van der Waals surface area contributed by atoms with Gasteiger partial charge in [0.05, 0.1) is 7.11 Å². The van der Waals surface area contributed by atoms with Crippen LogP contribution in [-0.2, 0) is 13.1 Å². The van der Waals surface area contributed by atoms with E-state index in [9.17, 15) is 9.90 Å². The molecule has 0 unspecified atom stereocenters. The molecule has 0 amide bonds. The molecule has 3 rings (SSSR count). The van der Waals surface area contributed by atoms with Crippen LogP contribution in [0.15, 0.2) is 51.7 Å². The van der Waals surface area contributed by atoms with E-state index in [0.29, 0.717) is 24.2 Å². The second kappa shape index (κ2) is 6.76. The number of aromatic hydroxyl groups is 1. The first-order valence-electron chi connectivity index (χ1n) is 7.68. The third-order valence-corrected chi connectivity index (χ3v) is 4.04. The summed E-state index contributed by atoms with van der Waals surface area (Å²) in [5.74, 6) is 0.938.